The molecular weight excluding hydrogens is 650 g/mol. The van der Waals surface area contributed by atoms with Gasteiger partial charge in [-0.1, -0.05) is 85.8 Å². The van der Waals surface area contributed by atoms with Crippen LogP contribution in [0.1, 0.15) is 60.2 Å². The molecule has 51 heavy (non-hydrogen) atoms. The summed E-state index contributed by atoms with van der Waals surface area (Å²) in [5.41, 5.74) is 6.14. The first-order chi connectivity index (χ1) is 24.6. The number of hydrogen-bond acceptors (Lipinski definition) is 9. The molecule has 270 valence electrons. The topological polar surface area (TPSA) is 150 Å². The highest BCUT2D eigenvalue weighted by Crippen LogP contribution is 2.42. The van der Waals surface area contributed by atoms with E-state index in [-0.39, 0.29) is 50.2 Å². The number of ether oxygens (including phenoxy) is 3. The average molecular weight is 698 g/mol. The molecule has 1 saturated heterocycles. The minimum atomic E-state index is -0.787. The lowest BCUT2D eigenvalue weighted by Gasteiger charge is -2.42. The number of rotatable bonds is 14. The molecule has 1 heterocycles. The van der Waals surface area contributed by atoms with Gasteiger partial charge in [0.2, 0.25) is 0 Å². The van der Waals surface area contributed by atoms with Gasteiger partial charge in [0.15, 0.2) is 6.29 Å². The van der Waals surface area contributed by atoms with Crippen molar-refractivity contribution >= 4 is 12.0 Å². The summed E-state index contributed by atoms with van der Waals surface area (Å²) in [6, 6.07) is 29.8. The lowest BCUT2D eigenvalue weighted by Crippen LogP contribution is -2.44. The number of urea groups is 1. The molecule has 11 nitrogen and oxygen atoms in total. The first-order valence-electron chi connectivity index (χ1n) is 17.2. The summed E-state index contributed by atoms with van der Waals surface area (Å²) in [5.74, 6) is -0.421. The number of esters is 1. The molecule has 0 aliphatic carbocycles. The second-order valence-electron chi connectivity index (χ2n) is 12.8. The lowest BCUT2D eigenvalue weighted by atomic mass is 9.90. The number of aromatic hydroxyl groups is 1. The van der Waals surface area contributed by atoms with Crippen molar-refractivity contribution in [2.75, 3.05) is 33.3 Å². The predicted octanol–water partition coefficient (Wildman–Crippen LogP) is 5.37. The smallest absolute Gasteiger partial charge is 0.325 e. The van der Waals surface area contributed by atoms with E-state index in [2.05, 4.69) is 17.6 Å². The fourth-order valence-electron chi connectivity index (χ4n) is 6.15. The van der Waals surface area contributed by atoms with Crippen molar-refractivity contribution in [2.24, 2.45) is 5.92 Å². The molecule has 0 radical (unpaired) electrons. The van der Waals surface area contributed by atoms with Crippen LogP contribution in [-0.2, 0) is 32.2 Å². The van der Waals surface area contributed by atoms with Crippen LogP contribution in [0.5, 0.6) is 5.75 Å². The molecule has 4 aromatic rings. The van der Waals surface area contributed by atoms with Crippen LogP contribution >= 0.6 is 0 Å². The Labute approximate surface area is 298 Å². The van der Waals surface area contributed by atoms with Crippen molar-refractivity contribution in [1.29, 1.82) is 0 Å². The molecular formula is C40H47N3O8. The maximum absolute atomic E-state index is 12.1. The Kier molecular flexibility index (Phi) is 13.2. The van der Waals surface area contributed by atoms with Gasteiger partial charge in [-0.05, 0) is 65.6 Å². The Bertz CT molecular complexity index is 1730. The van der Waals surface area contributed by atoms with Crippen LogP contribution in [0.4, 0.5) is 4.79 Å². The normalized spacial score (nSPS) is 19.3. The predicted molar refractivity (Wildman–Crippen MR) is 192 cm³/mol. The highest BCUT2D eigenvalue weighted by molar-refractivity contribution is 5.80. The Morgan fingerprint density at radius 1 is 0.882 bits per heavy atom. The SMILES string of the molecule is CCOC(=O)CNC(=O)NCc1cccc(-c2ccc([C@H]3O[C@@H](CN(C)C[C@@H](O)c4cccc(O)c4)[C@@H](C)[C@@H](c4ccc(CO)cc4)O3)cc2)c1. The van der Waals surface area contributed by atoms with Gasteiger partial charge in [0.25, 0.3) is 0 Å². The van der Waals surface area contributed by atoms with Crippen LogP contribution in [0.15, 0.2) is 97.1 Å². The zero-order valence-electron chi connectivity index (χ0n) is 29.2. The number of amides is 2. The third-order valence-corrected chi connectivity index (χ3v) is 8.95. The largest absolute Gasteiger partial charge is 0.508 e. The van der Waals surface area contributed by atoms with Crippen molar-refractivity contribution in [3.8, 4) is 16.9 Å². The number of nitrogens with one attached hydrogen (secondary N) is 2. The van der Waals surface area contributed by atoms with Gasteiger partial charge in [-0.25, -0.2) is 4.79 Å². The standard InChI is InChI=1S/C40H47N3O8/c1-4-49-37(47)22-42-40(48)41-21-28-7-5-8-32(19-28)29-15-17-31(18-16-29)39-50-36(24-43(3)23-35(46)33-9-6-10-34(45)20-33)26(2)38(51-39)30-13-11-27(25-44)12-14-30/h5-20,26,35-36,38-39,44-46H,4,21-25H2,1-3H3,(H2,41,42,48)/t26-,35-,36+,38+,39+/m1/s1. The van der Waals surface area contributed by atoms with Crippen LogP contribution < -0.4 is 10.6 Å². The Morgan fingerprint density at radius 3 is 2.31 bits per heavy atom. The summed E-state index contributed by atoms with van der Waals surface area (Å²) in [4.78, 5) is 25.7. The molecule has 1 aliphatic heterocycles. The van der Waals surface area contributed by atoms with E-state index in [1.165, 1.54) is 0 Å². The second-order valence-corrected chi connectivity index (χ2v) is 12.8. The summed E-state index contributed by atoms with van der Waals surface area (Å²) in [6.07, 6.45) is -1.98. The molecule has 5 atom stereocenters. The number of carbonyl (C=O) groups excluding carboxylic acids is 2. The summed E-state index contributed by atoms with van der Waals surface area (Å²) >= 11 is 0. The van der Waals surface area contributed by atoms with Gasteiger partial charge in [-0.15, -0.1) is 0 Å². The van der Waals surface area contributed by atoms with Gasteiger partial charge in [-0.2, -0.15) is 0 Å². The van der Waals surface area contributed by atoms with Crippen LogP contribution in [0, 0.1) is 5.92 Å². The third-order valence-electron chi connectivity index (χ3n) is 8.95. The quantitative estimate of drug-likeness (QED) is 0.110. The molecule has 0 bridgehead atoms. The van der Waals surface area contributed by atoms with E-state index in [0.717, 1.165) is 33.4 Å². The van der Waals surface area contributed by atoms with Gasteiger partial charge in [0, 0.05) is 31.1 Å². The van der Waals surface area contributed by atoms with E-state index >= 15 is 0 Å². The van der Waals surface area contributed by atoms with Crippen LogP contribution in [0.25, 0.3) is 11.1 Å². The molecule has 2 amide bonds. The number of benzene rings is 4. The molecule has 0 spiro atoms. The fraction of sp³-hybridized carbons (Fsp3) is 0.350. The highest BCUT2D eigenvalue weighted by Gasteiger charge is 2.39. The van der Waals surface area contributed by atoms with Crippen molar-refractivity contribution in [3.63, 3.8) is 0 Å². The van der Waals surface area contributed by atoms with Crippen molar-refractivity contribution in [2.45, 2.75) is 51.6 Å². The molecule has 1 fully saturated rings. The molecule has 5 N–H and O–H groups in total. The van der Waals surface area contributed by atoms with Gasteiger partial charge in [0.1, 0.15) is 12.3 Å². The number of carbonyl (C=O) groups is 2. The number of likely N-dealkylation sites (N-methyl/N-ethyl adjacent to an activating group) is 1. The Balaban J connectivity index is 1.28. The van der Waals surface area contributed by atoms with Gasteiger partial charge < -0.3 is 45.1 Å². The molecule has 1 aliphatic rings. The van der Waals surface area contributed by atoms with Gasteiger partial charge >= 0.3 is 12.0 Å². The number of phenolic OH excluding ortho intramolecular Hbond substituents is 1. The maximum Gasteiger partial charge on any atom is 0.325 e. The van der Waals surface area contributed by atoms with E-state index < -0.39 is 24.4 Å². The number of hydrogen-bond donors (Lipinski definition) is 5. The molecule has 0 saturated carbocycles. The average Bonchev–Trinajstić information content (AvgIpc) is 3.14. The van der Waals surface area contributed by atoms with Gasteiger partial charge in [-0.3, -0.25) is 4.79 Å². The summed E-state index contributed by atoms with van der Waals surface area (Å²) < 4.78 is 18.1. The summed E-state index contributed by atoms with van der Waals surface area (Å²) in [5, 5.41) is 35.6. The first kappa shape index (κ1) is 37.5. The molecule has 5 rings (SSSR count). The number of phenols is 1. The van der Waals surface area contributed by atoms with Crippen LogP contribution in [-0.4, -0.2) is 71.6 Å². The molecule has 0 unspecified atom stereocenters. The van der Waals surface area contributed by atoms with E-state index in [0.29, 0.717) is 18.7 Å². The minimum Gasteiger partial charge on any atom is -0.508 e. The van der Waals surface area contributed by atoms with E-state index in [9.17, 15) is 24.9 Å². The number of aliphatic hydroxyl groups is 2. The Morgan fingerprint density at radius 2 is 1.61 bits per heavy atom. The van der Waals surface area contributed by atoms with Crippen LogP contribution in [0.2, 0.25) is 0 Å². The number of aliphatic hydroxyl groups excluding tert-OH is 2. The van der Waals surface area contributed by atoms with Crippen LogP contribution in [0.3, 0.4) is 0 Å². The van der Waals surface area contributed by atoms with E-state index in [1.54, 1.807) is 31.2 Å². The minimum absolute atomic E-state index is 0.0375. The fourth-order valence-corrected chi connectivity index (χ4v) is 6.15. The van der Waals surface area contributed by atoms with Crippen molar-refractivity contribution in [3.05, 3.63) is 125 Å². The van der Waals surface area contributed by atoms with E-state index in [1.807, 2.05) is 84.7 Å². The third kappa shape index (κ3) is 10.4. The highest BCUT2D eigenvalue weighted by atomic mass is 16.7. The van der Waals surface area contributed by atoms with Gasteiger partial charge in [0.05, 0.1) is 31.5 Å². The summed E-state index contributed by atoms with van der Waals surface area (Å²) in [7, 11) is 1.94. The first-order valence-corrected chi connectivity index (χ1v) is 17.2. The Hall–Kier alpha value is -4.78. The monoisotopic (exact) mass is 697 g/mol. The number of nitrogens with zero attached hydrogens (tertiary/aromatic N) is 1. The molecule has 0 aromatic heterocycles. The summed E-state index contributed by atoms with van der Waals surface area (Å²) in [6.45, 7) is 4.98. The molecule has 11 heteroatoms. The van der Waals surface area contributed by atoms with E-state index in [4.69, 9.17) is 14.2 Å². The zero-order valence-corrected chi connectivity index (χ0v) is 29.2. The lowest BCUT2D eigenvalue weighted by molar-refractivity contribution is -0.276. The maximum atomic E-state index is 12.1. The van der Waals surface area contributed by atoms with Crippen molar-refractivity contribution in [1.82, 2.24) is 15.5 Å². The van der Waals surface area contributed by atoms with Crippen molar-refractivity contribution < 1.29 is 39.1 Å². The second kappa shape index (κ2) is 17.9. The zero-order chi connectivity index (χ0) is 36.3. The molecule has 4 aromatic carbocycles.